The van der Waals surface area contributed by atoms with Gasteiger partial charge in [-0.2, -0.15) is 0 Å². The largest absolute Gasteiger partial charge is 0.385 e. The van der Waals surface area contributed by atoms with Gasteiger partial charge in [-0.1, -0.05) is 25.8 Å². The fourth-order valence-corrected chi connectivity index (χ4v) is 1.53. The molecule has 0 fully saturated rings. The summed E-state index contributed by atoms with van der Waals surface area (Å²) in [5.41, 5.74) is 1.36. The summed E-state index contributed by atoms with van der Waals surface area (Å²) in [6.07, 6.45) is 6.84. The first-order chi connectivity index (χ1) is 8.77. The predicted molar refractivity (Wildman–Crippen MR) is 74.8 cm³/mol. The normalized spacial score (nSPS) is 9.83. The predicted octanol–water partition coefficient (Wildman–Crippen LogP) is 2.60. The number of anilines is 1. The van der Waals surface area contributed by atoms with Gasteiger partial charge < -0.3 is 10.6 Å². The Kier molecular flexibility index (Phi) is 6.54. The lowest BCUT2D eigenvalue weighted by atomic mass is 10.2. The Bertz CT molecular complexity index is 390. The van der Waals surface area contributed by atoms with Gasteiger partial charge >= 0.3 is 0 Å². The Balaban J connectivity index is 2.50. The van der Waals surface area contributed by atoms with E-state index in [2.05, 4.69) is 29.1 Å². The van der Waals surface area contributed by atoms with Gasteiger partial charge in [0.05, 0.1) is 0 Å². The number of unbranched alkanes of at least 4 members (excludes halogenated alkanes) is 2. The van der Waals surface area contributed by atoms with E-state index in [-0.39, 0.29) is 5.91 Å². The van der Waals surface area contributed by atoms with Crippen LogP contribution in [0.5, 0.6) is 0 Å². The molecular weight excluding hydrogens is 226 g/mol. The summed E-state index contributed by atoms with van der Waals surface area (Å²) in [6, 6.07) is 3.64. The lowest BCUT2D eigenvalue weighted by Crippen LogP contribution is -2.24. The third-order valence-corrected chi connectivity index (χ3v) is 2.51. The minimum Gasteiger partial charge on any atom is -0.385 e. The van der Waals surface area contributed by atoms with Gasteiger partial charge in [0, 0.05) is 25.0 Å². The van der Waals surface area contributed by atoms with Gasteiger partial charge in [0.15, 0.2) is 0 Å². The molecule has 1 rings (SSSR count). The molecule has 0 saturated carbocycles. The molecule has 0 aromatic carbocycles. The summed E-state index contributed by atoms with van der Waals surface area (Å²) < 4.78 is 0. The number of carbonyl (C=O) groups is 1. The van der Waals surface area contributed by atoms with E-state index in [0.29, 0.717) is 12.2 Å². The van der Waals surface area contributed by atoms with Gasteiger partial charge in [-0.25, -0.2) is 0 Å². The molecule has 1 heterocycles. The van der Waals surface area contributed by atoms with Crippen molar-refractivity contribution in [2.45, 2.75) is 26.2 Å². The maximum Gasteiger partial charge on any atom is 0.270 e. The van der Waals surface area contributed by atoms with Crippen LogP contribution in [0.1, 0.15) is 36.7 Å². The molecule has 1 aromatic heterocycles. The second-order valence-corrected chi connectivity index (χ2v) is 4.06. The van der Waals surface area contributed by atoms with E-state index < -0.39 is 0 Å². The summed E-state index contributed by atoms with van der Waals surface area (Å²) in [5, 5.41) is 6.00. The first kappa shape index (κ1) is 14.2. The van der Waals surface area contributed by atoms with Crippen LogP contribution in [0, 0.1) is 0 Å². The molecule has 4 heteroatoms. The van der Waals surface area contributed by atoms with Crippen molar-refractivity contribution in [1.29, 1.82) is 0 Å². The third-order valence-electron chi connectivity index (χ3n) is 2.51. The van der Waals surface area contributed by atoms with E-state index in [4.69, 9.17) is 0 Å². The molecule has 0 unspecified atom stereocenters. The van der Waals surface area contributed by atoms with Crippen molar-refractivity contribution < 1.29 is 4.79 Å². The number of amides is 1. The molecule has 1 amide bonds. The van der Waals surface area contributed by atoms with Crippen molar-refractivity contribution in [2.75, 3.05) is 18.4 Å². The number of hydrogen-bond donors (Lipinski definition) is 2. The minimum absolute atomic E-state index is 0.174. The zero-order valence-electron chi connectivity index (χ0n) is 10.9. The maximum atomic E-state index is 11.7. The molecule has 0 spiro atoms. The molecule has 0 saturated heterocycles. The lowest BCUT2D eigenvalue weighted by Gasteiger charge is -2.07. The molecule has 0 aliphatic rings. The zero-order valence-corrected chi connectivity index (χ0v) is 10.9. The standard InChI is InChI=1S/C14H21N3O/c1-3-5-6-9-15-12-7-10-16-13(11-12)14(18)17-8-4-2/h4,7,10-11H,2-3,5-6,8-9H2,1H3,(H,15,16)(H,17,18). The zero-order chi connectivity index (χ0) is 13.2. The van der Waals surface area contributed by atoms with E-state index >= 15 is 0 Å². The topological polar surface area (TPSA) is 54.0 Å². The molecule has 2 N–H and O–H groups in total. The number of carbonyl (C=O) groups excluding carboxylic acids is 1. The Morgan fingerprint density at radius 1 is 1.50 bits per heavy atom. The highest BCUT2D eigenvalue weighted by molar-refractivity contribution is 5.93. The third kappa shape index (κ3) is 4.99. The van der Waals surface area contributed by atoms with Crippen molar-refractivity contribution in [1.82, 2.24) is 10.3 Å². The molecule has 0 atom stereocenters. The van der Waals surface area contributed by atoms with Crippen LogP contribution in [0.15, 0.2) is 31.0 Å². The summed E-state index contributed by atoms with van der Waals surface area (Å²) in [7, 11) is 0. The Hall–Kier alpha value is -1.84. The molecule has 1 aromatic rings. The van der Waals surface area contributed by atoms with Crippen molar-refractivity contribution in [2.24, 2.45) is 0 Å². The second-order valence-electron chi connectivity index (χ2n) is 4.06. The SMILES string of the molecule is C=CCNC(=O)c1cc(NCCCCC)ccn1. The van der Waals surface area contributed by atoms with Crippen LogP contribution < -0.4 is 10.6 Å². The van der Waals surface area contributed by atoms with Crippen LogP contribution in [0.3, 0.4) is 0 Å². The monoisotopic (exact) mass is 247 g/mol. The molecule has 98 valence electrons. The van der Waals surface area contributed by atoms with Gasteiger partial charge in [-0.05, 0) is 18.6 Å². The molecule has 0 bridgehead atoms. The molecule has 4 nitrogen and oxygen atoms in total. The van der Waals surface area contributed by atoms with Gasteiger partial charge in [0.2, 0.25) is 0 Å². The second kappa shape index (κ2) is 8.28. The van der Waals surface area contributed by atoms with E-state index in [1.54, 1.807) is 18.3 Å². The quantitative estimate of drug-likeness (QED) is 0.548. The Labute approximate surface area is 109 Å². The smallest absolute Gasteiger partial charge is 0.270 e. The van der Waals surface area contributed by atoms with Crippen molar-refractivity contribution in [3.05, 3.63) is 36.7 Å². The van der Waals surface area contributed by atoms with Crippen LogP contribution in [0.25, 0.3) is 0 Å². The average molecular weight is 247 g/mol. The van der Waals surface area contributed by atoms with Crippen LogP contribution in [0.4, 0.5) is 5.69 Å². The van der Waals surface area contributed by atoms with E-state index in [1.807, 2.05) is 6.07 Å². The molecule has 0 aliphatic carbocycles. The number of pyridine rings is 1. The fraction of sp³-hybridized carbons (Fsp3) is 0.429. The molecule has 18 heavy (non-hydrogen) atoms. The first-order valence-electron chi connectivity index (χ1n) is 6.37. The minimum atomic E-state index is -0.174. The van der Waals surface area contributed by atoms with Crippen molar-refractivity contribution >= 4 is 11.6 Å². The summed E-state index contributed by atoms with van der Waals surface area (Å²) >= 11 is 0. The molecule has 0 aliphatic heterocycles. The summed E-state index contributed by atoms with van der Waals surface area (Å²) in [4.78, 5) is 15.7. The summed E-state index contributed by atoms with van der Waals surface area (Å²) in [6.45, 7) is 7.10. The molecule has 0 radical (unpaired) electrons. The summed E-state index contributed by atoms with van der Waals surface area (Å²) in [5.74, 6) is -0.174. The number of hydrogen-bond acceptors (Lipinski definition) is 3. The van der Waals surface area contributed by atoms with Crippen molar-refractivity contribution in [3.8, 4) is 0 Å². The van der Waals surface area contributed by atoms with Crippen LogP contribution >= 0.6 is 0 Å². The van der Waals surface area contributed by atoms with Crippen molar-refractivity contribution in [3.63, 3.8) is 0 Å². The van der Waals surface area contributed by atoms with E-state index in [9.17, 15) is 4.79 Å². The highest BCUT2D eigenvalue weighted by atomic mass is 16.1. The maximum absolute atomic E-state index is 11.7. The number of nitrogens with one attached hydrogen (secondary N) is 2. The average Bonchev–Trinajstić information content (AvgIpc) is 2.41. The van der Waals surface area contributed by atoms with Gasteiger partial charge in [0.1, 0.15) is 5.69 Å². The van der Waals surface area contributed by atoms with Crippen LogP contribution in [0.2, 0.25) is 0 Å². The van der Waals surface area contributed by atoms with Crippen LogP contribution in [-0.2, 0) is 0 Å². The molecular formula is C14H21N3O. The highest BCUT2D eigenvalue weighted by Gasteiger charge is 2.06. The Morgan fingerprint density at radius 2 is 2.33 bits per heavy atom. The number of aromatic nitrogens is 1. The van der Waals surface area contributed by atoms with E-state index in [0.717, 1.165) is 18.7 Å². The number of rotatable bonds is 8. The van der Waals surface area contributed by atoms with Gasteiger partial charge in [-0.15, -0.1) is 6.58 Å². The van der Waals surface area contributed by atoms with Gasteiger partial charge in [0.25, 0.3) is 5.91 Å². The fourth-order valence-electron chi connectivity index (χ4n) is 1.53. The highest BCUT2D eigenvalue weighted by Crippen LogP contribution is 2.08. The lowest BCUT2D eigenvalue weighted by molar-refractivity contribution is 0.0953. The first-order valence-corrected chi connectivity index (χ1v) is 6.37. The van der Waals surface area contributed by atoms with Crippen LogP contribution in [-0.4, -0.2) is 24.0 Å². The van der Waals surface area contributed by atoms with Gasteiger partial charge in [-0.3, -0.25) is 9.78 Å². The Morgan fingerprint density at radius 3 is 3.06 bits per heavy atom. The van der Waals surface area contributed by atoms with E-state index in [1.165, 1.54) is 12.8 Å². The number of nitrogens with zero attached hydrogens (tertiary/aromatic N) is 1.